The van der Waals surface area contributed by atoms with Gasteiger partial charge in [0.05, 0.1) is 19.9 Å². The van der Waals surface area contributed by atoms with Crippen molar-refractivity contribution in [2.75, 3.05) is 45.7 Å². The first kappa shape index (κ1) is 19.0. The van der Waals surface area contributed by atoms with E-state index in [4.69, 9.17) is 9.47 Å². The molecule has 0 radical (unpaired) electrons. The van der Waals surface area contributed by atoms with Crippen LogP contribution in [0.2, 0.25) is 0 Å². The van der Waals surface area contributed by atoms with E-state index < -0.39 is 0 Å². The second kappa shape index (κ2) is 8.77. The third kappa shape index (κ3) is 4.92. The average Bonchev–Trinajstić information content (AvgIpc) is 2.70. The minimum Gasteiger partial charge on any atom is -0.497 e. The lowest BCUT2D eigenvalue weighted by Gasteiger charge is -2.34. The molecule has 1 N–H and O–H groups in total. The van der Waals surface area contributed by atoms with Crippen LogP contribution >= 0.6 is 0 Å². The van der Waals surface area contributed by atoms with Crippen LogP contribution in [0.1, 0.15) is 11.1 Å². The molecule has 2 aromatic carbocycles. The summed E-state index contributed by atoms with van der Waals surface area (Å²) in [6.45, 7) is 6.15. The zero-order valence-corrected chi connectivity index (χ0v) is 16.2. The number of urea groups is 1. The predicted molar refractivity (Wildman–Crippen MR) is 107 cm³/mol. The minimum atomic E-state index is -0.103. The SMILES string of the molecule is COc1ccc(NC(=O)N2CCN(Cc3ccc(C)cc3)CC2)c(OC)c1. The lowest BCUT2D eigenvalue weighted by atomic mass is 10.1. The summed E-state index contributed by atoms with van der Waals surface area (Å²) in [5.74, 6) is 1.27. The van der Waals surface area contributed by atoms with Crippen LogP contribution in [0.15, 0.2) is 42.5 Å². The molecule has 3 rings (SSSR count). The summed E-state index contributed by atoms with van der Waals surface area (Å²) in [6.07, 6.45) is 0. The van der Waals surface area contributed by atoms with Gasteiger partial charge in [-0.3, -0.25) is 4.90 Å². The van der Waals surface area contributed by atoms with Gasteiger partial charge in [-0.25, -0.2) is 4.79 Å². The van der Waals surface area contributed by atoms with E-state index in [0.717, 1.165) is 19.6 Å². The number of ether oxygens (including phenoxy) is 2. The summed E-state index contributed by atoms with van der Waals surface area (Å²) < 4.78 is 10.5. The molecular formula is C21H27N3O3. The van der Waals surface area contributed by atoms with Crippen molar-refractivity contribution in [1.82, 2.24) is 9.80 Å². The maximum atomic E-state index is 12.6. The molecule has 0 bridgehead atoms. The highest BCUT2D eigenvalue weighted by Crippen LogP contribution is 2.29. The summed E-state index contributed by atoms with van der Waals surface area (Å²) in [6, 6.07) is 13.9. The standard InChI is InChI=1S/C21H27N3O3/c1-16-4-6-17(7-5-16)15-23-10-12-24(13-11-23)21(25)22-19-9-8-18(26-2)14-20(19)27-3/h4-9,14H,10-13,15H2,1-3H3,(H,22,25). The molecule has 6 heteroatoms. The van der Waals surface area contributed by atoms with E-state index in [1.807, 2.05) is 4.90 Å². The van der Waals surface area contributed by atoms with Crippen LogP contribution in [0.3, 0.4) is 0 Å². The largest absolute Gasteiger partial charge is 0.497 e. The molecule has 1 saturated heterocycles. The third-order valence-electron chi connectivity index (χ3n) is 4.84. The van der Waals surface area contributed by atoms with Gasteiger partial charge in [0.1, 0.15) is 11.5 Å². The Morgan fingerprint density at radius 3 is 2.33 bits per heavy atom. The first-order valence-electron chi connectivity index (χ1n) is 9.15. The van der Waals surface area contributed by atoms with Crippen molar-refractivity contribution in [2.45, 2.75) is 13.5 Å². The Morgan fingerprint density at radius 2 is 1.70 bits per heavy atom. The number of benzene rings is 2. The number of methoxy groups -OCH3 is 2. The van der Waals surface area contributed by atoms with Crippen molar-refractivity contribution in [3.63, 3.8) is 0 Å². The van der Waals surface area contributed by atoms with Crippen molar-refractivity contribution >= 4 is 11.7 Å². The Kier molecular flexibility index (Phi) is 6.19. The fraction of sp³-hybridized carbons (Fsp3) is 0.381. The average molecular weight is 369 g/mol. The van der Waals surface area contributed by atoms with Gasteiger partial charge in [0, 0.05) is 38.8 Å². The van der Waals surface area contributed by atoms with Crippen molar-refractivity contribution in [1.29, 1.82) is 0 Å². The molecule has 2 amide bonds. The molecule has 144 valence electrons. The van der Waals surface area contributed by atoms with E-state index >= 15 is 0 Å². The molecule has 1 aliphatic heterocycles. The van der Waals surface area contributed by atoms with Gasteiger partial charge < -0.3 is 19.7 Å². The van der Waals surface area contributed by atoms with Gasteiger partial charge in [-0.05, 0) is 24.6 Å². The lowest BCUT2D eigenvalue weighted by molar-refractivity contribution is 0.143. The van der Waals surface area contributed by atoms with E-state index in [-0.39, 0.29) is 6.03 Å². The van der Waals surface area contributed by atoms with Crippen LogP contribution in [0.25, 0.3) is 0 Å². The quantitative estimate of drug-likeness (QED) is 0.878. The number of carbonyl (C=O) groups excluding carboxylic acids is 1. The van der Waals surface area contributed by atoms with Gasteiger partial charge in [-0.2, -0.15) is 0 Å². The van der Waals surface area contributed by atoms with Gasteiger partial charge in [0.2, 0.25) is 0 Å². The van der Waals surface area contributed by atoms with E-state index in [0.29, 0.717) is 30.3 Å². The fourth-order valence-corrected chi connectivity index (χ4v) is 3.16. The number of nitrogens with zero attached hydrogens (tertiary/aromatic N) is 2. The molecule has 0 aromatic heterocycles. The highest BCUT2D eigenvalue weighted by molar-refractivity contribution is 5.91. The number of carbonyl (C=O) groups is 1. The monoisotopic (exact) mass is 369 g/mol. The molecular weight excluding hydrogens is 342 g/mol. The van der Waals surface area contributed by atoms with Gasteiger partial charge in [-0.15, -0.1) is 0 Å². The Morgan fingerprint density at radius 1 is 1.00 bits per heavy atom. The topological polar surface area (TPSA) is 54.0 Å². The van der Waals surface area contributed by atoms with Crippen molar-refractivity contribution in [3.05, 3.63) is 53.6 Å². The Labute approximate surface area is 160 Å². The zero-order chi connectivity index (χ0) is 19.2. The Hall–Kier alpha value is -2.73. The van der Waals surface area contributed by atoms with Crippen LogP contribution in [0.4, 0.5) is 10.5 Å². The highest BCUT2D eigenvalue weighted by Gasteiger charge is 2.22. The number of hydrogen-bond acceptors (Lipinski definition) is 4. The first-order chi connectivity index (χ1) is 13.1. The Balaban J connectivity index is 1.53. The number of amides is 2. The summed E-state index contributed by atoms with van der Waals surface area (Å²) >= 11 is 0. The van der Waals surface area contributed by atoms with Gasteiger partial charge in [0.25, 0.3) is 0 Å². The van der Waals surface area contributed by atoms with Crippen LogP contribution < -0.4 is 14.8 Å². The number of aryl methyl sites for hydroxylation is 1. The van der Waals surface area contributed by atoms with Gasteiger partial charge in [0.15, 0.2) is 0 Å². The summed E-state index contributed by atoms with van der Waals surface area (Å²) in [4.78, 5) is 16.8. The van der Waals surface area contributed by atoms with Crippen molar-refractivity contribution in [3.8, 4) is 11.5 Å². The molecule has 6 nitrogen and oxygen atoms in total. The molecule has 0 unspecified atom stereocenters. The highest BCUT2D eigenvalue weighted by atomic mass is 16.5. The summed E-state index contributed by atoms with van der Waals surface area (Å²) in [5.41, 5.74) is 3.22. The van der Waals surface area contributed by atoms with Crippen LogP contribution in [0, 0.1) is 6.92 Å². The fourth-order valence-electron chi connectivity index (χ4n) is 3.16. The predicted octanol–water partition coefficient (Wildman–Crippen LogP) is 3.36. The maximum absolute atomic E-state index is 12.6. The molecule has 0 saturated carbocycles. The zero-order valence-electron chi connectivity index (χ0n) is 16.2. The van der Waals surface area contributed by atoms with Gasteiger partial charge in [-0.1, -0.05) is 29.8 Å². The van der Waals surface area contributed by atoms with Crippen LogP contribution in [-0.2, 0) is 6.54 Å². The van der Waals surface area contributed by atoms with Crippen LogP contribution in [-0.4, -0.2) is 56.2 Å². The molecule has 1 heterocycles. The number of hydrogen-bond donors (Lipinski definition) is 1. The minimum absolute atomic E-state index is 0.103. The molecule has 0 atom stereocenters. The summed E-state index contributed by atoms with van der Waals surface area (Å²) in [7, 11) is 3.18. The second-order valence-electron chi connectivity index (χ2n) is 6.75. The van der Waals surface area contributed by atoms with Crippen LogP contribution in [0.5, 0.6) is 11.5 Å². The molecule has 2 aromatic rings. The van der Waals surface area contributed by atoms with Crippen molar-refractivity contribution < 1.29 is 14.3 Å². The normalized spacial score (nSPS) is 14.7. The molecule has 27 heavy (non-hydrogen) atoms. The summed E-state index contributed by atoms with van der Waals surface area (Å²) in [5, 5.41) is 2.94. The second-order valence-corrected chi connectivity index (χ2v) is 6.75. The Bertz CT molecular complexity index is 769. The van der Waals surface area contributed by atoms with E-state index in [2.05, 4.69) is 41.4 Å². The maximum Gasteiger partial charge on any atom is 0.322 e. The van der Waals surface area contributed by atoms with E-state index in [9.17, 15) is 4.79 Å². The molecule has 1 fully saturated rings. The number of anilines is 1. The number of piperazine rings is 1. The number of rotatable bonds is 5. The van der Waals surface area contributed by atoms with E-state index in [1.54, 1.807) is 32.4 Å². The van der Waals surface area contributed by atoms with Gasteiger partial charge >= 0.3 is 6.03 Å². The third-order valence-corrected chi connectivity index (χ3v) is 4.84. The smallest absolute Gasteiger partial charge is 0.322 e. The molecule has 1 aliphatic rings. The lowest BCUT2D eigenvalue weighted by Crippen LogP contribution is -2.49. The molecule has 0 aliphatic carbocycles. The molecule has 0 spiro atoms. The van der Waals surface area contributed by atoms with E-state index in [1.165, 1.54) is 11.1 Å². The first-order valence-corrected chi connectivity index (χ1v) is 9.15. The number of nitrogens with one attached hydrogen (secondary N) is 1. The van der Waals surface area contributed by atoms with Crippen molar-refractivity contribution in [2.24, 2.45) is 0 Å².